The Labute approximate surface area is 143 Å². The summed E-state index contributed by atoms with van der Waals surface area (Å²) in [6, 6.07) is 16.5. The standard InChI is InChI=1S/C19H24N4O/c1-14(2)15-7-9-16(10-8-15)23(22-19-20-11-12-21-19)17-5-4-6-18(13-17)24-3/h4-10,13-14H,11-12H2,1-3H3,(H2,20,21,22). The van der Waals surface area contributed by atoms with Crippen molar-refractivity contribution in [3.8, 4) is 5.75 Å². The van der Waals surface area contributed by atoms with E-state index in [-0.39, 0.29) is 0 Å². The molecule has 2 N–H and O–H groups in total. The number of aliphatic imine (C=N–C) groups is 1. The molecule has 0 atom stereocenters. The third-order valence-electron chi connectivity index (χ3n) is 4.02. The molecule has 1 heterocycles. The van der Waals surface area contributed by atoms with Crippen molar-refractivity contribution in [2.24, 2.45) is 4.99 Å². The van der Waals surface area contributed by atoms with Gasteiger partial charge in [0.1, 0.15) is 5.75 Å². The number of hydrogen-bond acceptors (Lipinski definition) is 5. The molecule has 3 rings (SSSR count). The average molecular weight is 324 g/mol. The Hall–Kier alpha value is -2.69. The summed E-state index contributed by atoms with van der Waals surface area (Å²) >= 11 is 0. The molecule has 1 aliphatic rings. The van der Waals surface area contributed by atoms with E-state index < -0.39 is 0 Å². The molecule has 0 unspecified atom stereocenters. The van der Waals surface area contributed by atoms with E-state index in [1.54, 1.807) is 7.11 Å². The Morgan fingerprint density at radius 2 is 1.92 bits per heavy atom. The number of rotatable bonds is 5. The summed E-state index contributed by atoms with van der Waals surface area (Å²) in [5.41, 5.74) is 6.72. The Bertz CT molecular complexity index is 710. The van der Waals surface area contributed by atoms with Gasteiger partial charge >= 0.3 is 0 Å². The molecule has 0 radical (unpaired) electrons. The second-order valence-electron chi connectivity index (χ2n) is 6.05. The van der Waals surface area contributed by atoms with Crippen molar-refractivity contribution < 1.29 is 4.74 Å². The van der Waals surface area contributed by atoms with Gasteiger partial charge in [-0.25, -0.2) is 0 Å². The number of hydrazine groups is 1. The normalized spacial score (nSPS) is 13.4. The van der Waals surface area contributed by atoms with E-state index in [9.17, 15) is 0 Å². The molecule has 0 saturated carbocycles. The van der Waals surface area contributed by atoms with Gasteiger partial charge < -0.3 is 10.1 Å². The van der Waals surface area contributed by atoms with Crippen molar-refractivity contribution in [2.75, 3.05) is 25.2 Å². The molecule has 2 aromatic rings. The van der Waals surface area contributed by atoms with Gasteiger partial charge in [-0.3, -0.25) is 15.4 Å². The number of anilines is 2. The first-order chi connectivity index (χ1) is 11.7. The van der Waals surface area contributed by atoms with E-state index in [0.717, 1.165) is 36.2 Å². The highest BCUT2D eigenvalue weighted by molar-refractivity contribution is 5.85. The van der Waals surface area contributed by atoms with Crippen molar-refractivity contribution in [1.29, 1.82) is 0 Å². The predicted octanol–water partition coefficient (Wildman–Crippen LogP) is 3.42. The van der Waals surface area contributed by atoms with Crippen LogP contribution in [0.25, 0.3) is 0 Å². The van der Waals surface area contributed by atoms with Crippen LogP contribution in [0.2, 0.25) is 0 Å². The quantitative estimate of drug-likeness (QED) is 0.828. The minimum atomic E-state index is 0.512. The zero-order valence-corrected chi connectivity index (χ0v) is 14.4. The first-order valence-corrected chi connectivity index (χ1v) is 8.26. The summed E-state index contributed by atoms with van der Waals surface area (Å²) in [5, 5.41) is 5.27. The number of benzene rings is 2. The van der Waals surface area contributed by atoms with Crippen molar-refractivity contribution in [1.82, 2.24) is 10.7 Å². The van der Waals surface area contributed by atoms with Crippen LogP contribution in [-0.4, -0.2) is 26.2 Å². The molecular formula is C19H24N4O. The first kappa shape index (κ1) is 16.2. The monoisotopic (exact) mass is 324 g/mol. The molecule has 1 aliphatic heterocycles. The van der Waals surface area contributed by atoms with Crippen LogP contribution in [0.4, 0.5) is 11.4 Å². The Kier molecular flexibility index (Phi) is 4.89. The van der Waals surface area contributed by atoms with E-state index >= 15 is 0 Å². The molecule has 5 nitrogen and oxygen atoms in total. The number of ether oxygens (including phenoxy) is 1. The molecule has 0 aromatic heterocycles. The summed E-state index contributed by atoms with van der Waals surface area (Å²) in [6.07, 6.45) is 0. The molecular weight excluding hydrogens is 300 g/mol. The lowest BCUT2D eigenvalue weighted by Crippen LogP contribution is -2.44. The lowest BCUT2D eigenvalue weighted by molar-refractivity contribution is 0.415. The van der Waals surface area contributed by atoms with E-state index in [1.807, 2.05) is 29.3 Å². The predicted molar refractivity (Wildman–Crippen MR) is 99.1 cm³/mol. The van der Waals surface area contributed by atoms with Gasteiger partial charge in [0.15, 0.2) is 0 Å². The molecule has 0 saturated heterocycles. The zero-order chi connectivity index (χ0) is 16.9. The second kappa shape index (κ2) is 7.25. The average Bonchev–Trinajstić information content (AvgIpc) is 3.13. The van der Waals surface area contributed by atoms with Gasteiger partial charge in [0, 0.05) is 12.6 Å². The topological polar surface area (TPSA) is 48.9 Å². The second-order valence-corrected chi connectivity index (χ2v) is 6.05. The summed E-state index contributed by atoms with van der Waals surface area (Å²) in [7, 11) is 1.68. The van der Waals surface area contributed by atoms with Gasteiger partial charge in [-0.1, -0.05) is 32.0 Å². The molecule has 0 bridgehead atoms. The van der Waals surface area contributed by atoms with Crippen LogP contribution in [0.1, 0.15) is 25.3 Å². The largest absolute Gasteiger partial charge is 0.497 e. The maximum absolute atomic E-state index is 5.36. The number of nitrogens with one attached hydrogen (secondary N) is 2. The van der Waals surface area contributed by atoms with Crippen molar-refractivity contribution in [3.05, 3.63) is 54.1 Å². The van der Waals surface area contributed by atoms with E-state index in [2.05, 4.69) is 53.8 Å². The van der Waals surface area contributed by atoms with Gasteiger partial charge in [-0.15, -0.1) is 0 Å². The van der Waals surface area contributed by atoms with Crippen molar-refractivity contribution >= 4 is 17.3 Å². The lowest BCUT2D eigenvalue weighted by atomic mass is 10.0. The molecule has 0 spiro atoms. The highest BCUT2D eigenvalue weighted by Crippen LogP contribution is 2.28. The van der Waals surface area contributed by atoms with E-state index in [4.69, 9.17) is 4.74 Å². The van der Waals surface area contributed by atoms with Crippen LogP contribution < -0.4 is 20.5 Å². The van der Waals surface area contributed by atoms with Crippen LogP contribution in [0.3, 0.4) is 0 Å². The molecule has 24 heavy (non-hydrogen) atoms. The van der Waals surface area contributed by atoms with Crippen LogP contribution in [0.15, 0.2) is 53.5 Å². The SMILES string of the molecule is COc1cccc(N(NC2=NCCN2)c2ccc(C(C)C)cc2)c1. The fourth-order valence-electron chi connectivity index (χ4n) is 2.61. The molecule has 0 aliphatic carbocycles. The number of guanidine groups is 1. The third-order valence-corrected chi connectivity index (χ3v) is 4.02. The minimum Gasteiger partial charge on any atom is -0.497 e. The van der Waals surface area contributed by atoms with Crippen molar-refractivity contribution in [3.63, 3.8) is 0 Å². The number of methoxy groups -OCH3 is 1. The third kappa shape index (κ3) is 3.62. The van der Waals surface area contributed by atoms with Crippen LogP contribution in [0.5, 0.6) is 5.75 Å². The molecule has 5 heteroatoms. The summed E-state index contributed by atoms with van der Waals surface area (Å²) in [4.78, 5) is 4.44. The lowest BCUT2D eigenvalue weighted by Gasteiger charge is -2.27. The Balaban J connectivity index is 1.94. The number of hydrogen-bond donors (Lipinski definition) is 2. The minimum absolute atomic E-state index is 0.512. The molecule has 2 aromatic carbocycles. The summed E-state index contributed by atoms with van der Waals surface area (Å²) < 4.78 is 5.36. The first-order valence-electron chi connectivity index (χ1n) is 8.26. The van der Waals surface area contributed by atoms with Crippen molar-refractivity contribution in [2.45, 2.75) is 19.8 Å². The van der Waals surface area contributed by atoms with E-state index in [0.29, 0.717) is 5.92 Å². The number of nitrogens with zero attached hydrogens (tertiary/aromatic N) is 2. The van der Waals surface area contributed by atoms with Gasteiger partial charge in [-0.2, -0.15) is 0 Å². The van der Waals surface area contributed by atoms with Gasteiger partial charge in [0.2, 0.25) is 5.96 Å². The smallest absolute Gasteiger partial charge is 0.210 e. The summed E-state index contributed by atoms with van der Waals surface area (Å²) in [5.74, 6) is 2.11. The molecule has 0 fully saturated rings. The highest BCUT2D eigenvalue weighted by atomic mass is 16.5. The maximum Gasteiger partial charge on any atom is 0.210 e. The maximum atomic E-state index is 5.36. The fraction of sp³-hybridized carbons (Fsp3) is 0.316. The van der Waals surface area contributed by atoms with E-state index in [1.165, 1.54) is 5.56 Å². The molecule has 0 amide bonds. The van der Waals surface area contributed by atoms with Crippen LogP contribution >= 0.6 is 0 Å². The van der Waals surface area contributed by atoms with Gasteiger partial charge in [0.25, 0.3) is 0 Å². The fourth-order valence-corrected chi connectivity index (χ4v) is 2.61. The highest BCUT2D eigenvalue weighted by Gasteiger charge is 2.14. The zero-order valence-electron chi connectivity index (χ0n) is 14.4. The summed E-state index contributed by atoms with van der Waals surface area (Å²) in [6.45, 7) is 6.05. The Morgan fingerprint density at radius 3 is 2.54 bits per heavy atom. The van der Waals surface area contributed by atoms with Crippen LogP contribution in [0, 0.1) is 0 Å². The Morgan fingerprint density at radius 1 is 1.12 bits per heavy atom. The van der Waals surface area contributed by atoms with Gasteiger partial charge in [-0.05, 0) is 35.7 Å². The van der Waals surface area contributed by atoms with Crippen LogP contribution in [-0.2, 0) is 0 Å². The molecule has 126 valence electrons. The van der Waals surface area contributed by atoms with Gasteiger partial charge in [0.05, 0.1) is 25.0 Å².